The molecule has 1 aromatic heterocycles. The Morgan fingerprint density at radius 3 is 2.81 bits per heavy atom. The molecular formula is C24H30FN3O3. The van der Waals surface area contributed by atoms with Gasteiger partial charge in [-0.15, -0.1) is 0 Å². The summed E-state index contributed by atoms with van der Waals surface area (Å²) in [4.78, 5) is 4.47. The third kappa shape index (κ3) is 3.82. The van der Waals surface area contributed by atoms with E-state index in [1.165, 1.54) is 6.07 Å². The van der Waals surface area contributed by atoms with Crippen LogP contribution in [0.4, 0.5) is 10.2 Å². The van der Waals surface area contributed by atoms with Crippen LogP contribution < -0.4 is 10.1 Å². The molecule has 166 valence electrons. The third-order valence-electron chi connectivity index (χ3n) is 6.35. The molecule has 1 fully saturated rings. The van der Waals surface area contributed by atoms with Crippen molar-refractivity contribution in [1.82, 2.24) is 9.88 Å². The van der Waals surface area contributed by atoms with Gasteiger partial charge in [0.1, 0.15) is 35.7 Å². The van der Waals surface area contributed by atoms with Crippen molar-refractivity contribution in [2.45, 2.75) is 64.0 Å². The molecule has 1 aromatic carbocycles. The number of halogens is 1. The fourth-order valence-electron chi connectivity index (χ4n) is 4.79. The molecule has 1 aliphatic heterocycles. The first-order valence-electron chi connectivity index (χ1n) is 10.8. The number of aliphatic imine (C=N–C) groups is 1. The fraction of sp³-hybridized carbons (Fsp3) is 0.458. The smallest absolute Gasteiger partial charge is 0.140 e. The quantitative estimate of drug-likeness (QED) is 0.636. The number of aromatic nitrogens is 1. The van der Waals surface area contributed by atoms with Gasteiger partial charge in [0.25, 0.3) is 0 Å². The molecule has 0 unspecified atom stereocenters. The maximum Gasteiger partial charge on any atom is 0.140 e. The first kappa shape index (κ1) is 21.7. The van der Waals surface area contributed by atoms with Gasteiger partial charge in [0.2, 0.25) is 0 Å². The summed E-state index contributed by atoms with van der Waals surface area (Å²) in [5.41, 5.74) is 3.22. The number of aliphatic hydroxyl groups is 2. The van der Waals surface area contributed by atoms with Crippen LogP contribution in [0.5, 0.6) is 5.75 Å². The first-order chi connectivity index (χ1) is 14.8. The Balaban J connectivity index is 1.64. The number of allylic oxidation sites excluding steroid dienone is 1. The second-order valence-corrected chi connectivity index (χ2v) is 8.43. The molecule has 3 N–H and O–H groups in total. The molecule has 2 heterocycles. The number of hydrogen-bond acceptors (Lipinski definition) is 5. The van der Waals surface area contributed by atoms with Gasteiger partial charge in [-0.2, -0.15) is 0 Å². The van der Waals surface area contributed by atoms with Gasteiger partial charge >= 0.3 is 0 Å². The van der Waals surface area contributed by atoms with Crippen LogP contribution in [0, 0.1) is 5.82 Å². The van der Waals surface area contributed by atoms with Crippen molar-refractivity contribution in [3.8, 4) is 5.75 Å². The maximum atomic E-state index is 14.3. The van der Waals surface area contributed by atoms with E-state index in [1.807, 2.05) is 37.6 Å². The summed E-state index contributed by atoms with van der Waals surface area (Å²) in [6, 6.07) is 4.49. The highest BCUT2D eigenvalue weighted by molar-refractivity contribution is 5.73. The van der Waals surface area contributed by atoms with Crippen molar-refractivity contribution in [2.75, 3.05) is 6.54 Å². The van der Waals surface area contributed by atoms with Crippen molar-refractivity contribution in [2.24, 2.45) is 4.99 Å². The third-order valence-corrected chi connectivity index (χ3v) is 6.35. The topological polar surface area (TPSA) is 79.0 Å². The highest BCUT2D eigenvalue weighted by Crippen LogP contribution is 2.41. The van der Waals surface area contributed by atoms with Crippen LogP contribution in [0.1, 0.15) is 56.0 Å². The lowest BCUT2D eigenvalue weighted by atomic mass is 9.93. The largest absolute Gasteiger partial charge is 0.487 e. The molecule has 5 atom stereocenters. The standard InChI is InChI=1S/C24H30FN3O3/c1-5-26-24-15(13(2)3)9-11-28(24)18-12-20(23(30)22(18)29)31-19-7-6-17(25)16-8-10-27-14(4)21(16)19/h5-7,9,11,14,18,20,22-23,27,29-30H,2,8,10,12H2,1,3-4H3/b26-5-/t14-,18+,20-,22-,23+/m0/s1. The monoisotopic (exact) mass is 427 g/mol. The zero-order valence-electron chi connectivity index (χ0n) is 18.2. The van der Waals surface area contributed by atoms with Crippen molar-refractivity contribution in [1.29, 1.82) is 0 Å². The molecule has 1 aliphatic carbocycles. The Hall–Kier alpha value is -2.48. The molecule has 31 heavy (non-hydrogen) atoms. The predicted octanol–water partition coefficient (Wildman–Crippen LogP) is 3.70. The summed E-state index contributed by atoms with van der Waals surface area (Å²) < 4.78 is 22.4. The van der Waals surface area contributed by atoms with E-state index >= 15 is 0 Å². The van der Waals surface area contributed by atoms with Crippen molar-refractivity contribution in [3.63, 3.8) is 0 Å². The minimum absolute atomic E-state index is 0.0539. The Morgan fingerprint density at radius 2 is 2.10 bits per heavy atom. The number of nitrogens with zero attached hydrogens (tertiary/aromatic N) is 2. The number of rotatable bonds is 5. The molecule has 7 heteroatoms. The molecular weight excluding hydrogens is 397 g/mol. The molecule has 0 amide bonds. The Kier molecular flexibility index (Phi) is 6.01. The lowest BCUT2D eigenvalue weighted by molar-refractivity contribution is -0.0169. The minimum Gasteiger partial charge on any atom is -0.487 e. The zero-order valence-corrected chi connectivity index (χ0v) is 18.2. The number of nitrogens with one attached hydrogen (secondary N) is 1. The van der Waals surface area contributed by atoms with E-state index in [9.17, 15) is 14.6 Å². The number of ether oxygens (including phenoxy) is 1. The zero-order chi connectivity index (χ0) is 22.3. The van der Waals surface area contributed by atoms with Crippen molar-refractivity contribution >= 4 is 17.6 Å². The van der Waals surface area contributed by atoms with E-state index in [0.29, 0.717) is 36.5 Å². The average molecular weight is 428 g/mol. The van der Waals surface area contributed by atoms with E-state index in [1.54, 1.807) is 12.3 Å². The summed E-state index contributed by atoms with van der Waals surface area (Å²) in [5.74, 6) is 1.01. The van der Waals surface area contributed by atoms with Crippen LogP contribution >= 0.6 is 0 Å². The molecule has 0 radical (unpaired) electrons. The highest BCUT2D eigenvalue weighted by Gasteiger charge is 2.45. The molecule has 6 nitrogen and oxygen atoms in total. The van der Waals surface area contributed by atoms with Gasteiger partial charge in [0.15, 0.2) is 0 Å². The summed E-state index contributed by atoms with van der Waals surface area (Å²) >= 11 is 0. The predicted molar refractivity (Wildman–Crippen MR) is 120 cm³/mol. The molecule has 0 bridgehead atoms. The number of aliphatic hydroxyl groups excluding tert-OH is 2. The highest BCUT2D eigenvalue weighted by atomic mass is 19.1. The van der Waals surface area contributed by atoms with Crippen LogP contribution in [-0.2, 0) is 6.42 Å². The Bertz CT molecular complexity index is 1020. The van der Waals surface area contributed by atoms with Crippen LogP contribution in [0.15, 0.2) is 36.0 Å². The van der Waals surface area contributed by atoms with Gasteiger partial charge < -0.3 is 24.8 Å². The minimum atomic E-state index is -1.08. The lowest BCUT2D eigenvalue weighted by Crippen LogP contribution is -2.35. The normalized spacial score (nSPS) is 28.1. The molecule has 1 saturated carbocycles. The number of fused-ring (bicyclic) bond motifs is 1. The second-order valence-electron chi connectivity index (χ2n) is 8.43. The SMILES string of the molecule is C=C(C)c1ccn([C@@H]2C[C@H](Oc3ccc(F)c4c3[C@H](C)NCC4)[C@@H](O)[C@H]2O)c1/N=C\C. The number of benzene rings is 1. The van der Waals surface area contributed by atoms with E-state index in [-0.39, 0.29) is 11.9 Å². The summed E-state index contributed by atoms with van der Waals surface area (Å²) in [7, 11) is 0. The Morgan fingerprint density at radius 1 is 1.32 bits per heavy atom. The molecule has 4 rings (SSSR count). The van der Waals surface area contributed by atoms with Gasteiger partial charge in [0.05, 0.1) is 6.04 Å². The van der Waals surface area contributed by atoms with Gasteiger partial charge in [-0.3, -0.25) is 0 Å². The van der Waals surface area contributed by atoms with Crippen LogP contribution in [0.25, 0.3) is 5.57 Å². The summed E-state index contributed by atoms with van der Waals surface area (Å²) in [6.45, 7) is 10.4. The summed E-state index contributed by atoms with van der Waals surface area (Å²) in [5, 5.41) is 24.9. The average Bonchev–Trinajstić information content (AvgIpc) is 3.27. The molecule has 0 spiro atoms. The second kappa shape index (κ2) is 8.57. The first-order valence-corrected chi connectivity index (χ1v) is 10.8. The van der Waals surface area contributed by atoms with Crippen LogP contribution in [0.3, 0.4) is 0 Å². The van der Waals surface area contributed by atoms with Crippen LogP contribution in [-0.4, -0.2) is 45.9 Å². The number of hydrogen-bond donors (Lipinski definition) is 3. The van der Waals surface area contributed by atoms with Gasteiger partial charge in [-0.25, -0.2) is 9.38 Å². The van der Waals surface area contributed by atoms with Gasteiger partial charge in [-0.1, -0.05) is 6.58 Å². The van der Waals surface area contributed by atoms with E-state index < -0.39 is 24.4 Å². The molecule has 2 aliphatic rings. The van der Waals surface area contributed by atoms with Crippen molar-refractivity contribution in [3.05, 3.63) is 53.5 Å². The fourth-order valence-corrected chi connectivity index (χ4v) is 4.79. The molecule has 2 aromatic rings. The van der Waals surface area contributed by atoms with Gasteiger partial charge in [0, 0.05) is 36.0 Å². The van der Waals surface area contributed by atoms with E-state index in [2.05, 4.69) is 16.9 Å². The van der Waals surface area contributed by atoms with Crippen LogP contribution in [0.2, 0.25) is 0 Å². The molecule has 0 saturated heterocycles. The van der Waals surface area contributed by atoms with E-state index in [4.69, 9.17) is 4.74 Å². The summed E-state index contributed by atoms with van der Waals surface area (Å²) in [6.07, 6.45) is 1.82. The maximum absolute atomic E-state index is 14.3. The van der Waals surface area contributed by atoms with E-state index in [0.717, 1.165) is 16.7 Å². The van der Waals surface area contributed by atoms with Gasteiger partial charge in [-0.05, 0) is 63.1 Å². The Labute approximate surface area is 182 Å². The lowest BCUT2D eigenvalue weighted by Gasteiger charge is -2.28. The van der Waals surface area contributed by atoms with Crippen molar-refractivity contribution < 1.29 is 19.3 Å².